The molecule has 0 saturated carbocycles. The van der Waals surface area contributed by atoms with E-state index in [2.05, 4.69) is 13.2 Å². The van der Waals surface area contributed by atoms with Crippen molar-refractivity contribution in [2.75, 3.05) is 0 Å². The van der Waals surface area contributed by atoms with Gasteiger partial charge in [0.1, 0.15) is 5.75 Å². The zero-order valence-corrected chi connectivity index (χ0v) is 9.29. The molecule has 1 heteroatoms. The molecule has 0 bridgehead atoms. The van der Waals surface area contributed by atoms with Crippen molar-refractivity contribution >= 4 is 5.57 Å². The number of aromatic hydroxyl groups is 1. The van der Waals surface area contributed by atoms with Gasteiger partial charge in [0.15, 0.2) is 0 Å². The lowest BCUT2D eigenvalue weighted by Crippen LogP contribution is -1.91. The monoisotopic (exact) mass is 202 g/mol. The van der Waals surface area contributed by atoms with Crippen LogP contribution < -0.4 is 0 Å². The molecule has 0 aromatic heterocycles. The molecule has 0 radical (unpaired) electrons. The molecule has 0 aliphatic heterocycles. The first-order valence-corrected chi connectivity index (χ1v) is 5.24. The predicted molar refractivity (Wildman–Crippen MR) is 65.9 cm³/mol. The van der Waals surface area contributed by atoms with E-state index in [1.807, 2.05) is 25.1 Å². The number of aryl methyl sites for hydroxylation is 1. The Balaban J connectivity index is 2.86. The minimum absolute atomic E-state index is 0.327. The first-order chi connectivity index (χ1) is 7.15. The lowest BCUT2D eigenvalue weighted by atomic mass is 9.97. The van der Waals surface area contributed by atoms with E-state index in [0.29, 0.717) is 5.75 Å². The highest BCUT2D eigenvalue weighted by molar-refractivity contribution is 5.65. The van der Waals surface area contributed by atoms with Gasteiger partial charge in [-0.3, -0.25) is 0 Å². The molecular formula is C14H18O. The summed E-state index contributed by atoms with van der Waals surface area (Å²) in [4.78, 5) is 0. The Hall–Kier alpha value is -1.50. The summed E-state index contributed by atoms with van der Waals surface area (Å²) in [5.41, 5.74) is 3.37. The van der Waals surface area contributed by atoms with E-state index < -0.39 is 0 Å². The van der Waals surface area contributed by atoms with Crippen molar-refractivity contribution in [3.63, 3.8) is 0 Å². The average molecular weight is 202 g/mol. The second-order valence-corrected chi connectivity index (χ2v) is 3.80. The number of hydrogen-bond acceptors (Lipinski definition) is 1. The third-order valence-corrected chi connectivity index (χ3v) is 2.40. The highest BCUT2D eigenvalue weighted by atomic mass is 16.3. The van der Waals surface area contributed by atoms with Gasteiger partial charge in [0.2, 0.25) is 0 Å². The number of allylic oxidation sites excluding steroid dienone is 2. The first-order valence-electron chi connectivity index (χ1n) is 5.24. The van der Waals surface area contributed by atoms with Gasteiger partial charge in [-0.15, -0.1) is 6.58 Å². The van der Waals surface area contributed by atoms with Crippen molar-refractivity contribution in [2.24, 2.45) is 0 Å². The summed E-state index contributed by atoms with van der Waals surface area (Å²) in [6.45, 7) is 9.63. The highest BCUT2D eigenvalue weighted by Gasteiger charge is 2.03. The van der Waals surface area contributed by atoms with Crippen molar-refractivity contribution < 1.29 is 5.11 Å². The molecule has 1 nitrogen and oxygen atoms in total. The SMILES string of the molecule is C=CCCCc1cc(O)ccc1C(=C)C. The fraction of sp³-hybridized carbons (Fsp3) is 0.286. The van der Waals surface area contributed by atoms with E-state index in [1.165, 1.54) is 5.56 Å². The third-order valence-electron chi connectivity index (χ3n) is 2.40. The summed E-state index contributed by atoms with van der Waals surface area (Å²) in [5.74, 6) is 0.327. The number of unbranched alkanes of at least 4 members (excludes halogenated alkanes) is 1. The van der Waals surface area contributed by atoms with Gasteiger partial charge in [-0.25, -0.2) is 0 Å². The summed E-state index contributed by atoms with van der Waals surface area (Å²) in [6, 6.07) is 5.47. The molecule has 0 aliphatic rings. The Labute approximate surface area is 91.8 Å². The quantitative estimate of drug-likeness (QED) is 0.566. The van der Waals surface area contributed by atoms with E-state index >= 15 is 0 Å². The van der Waals surface area contributed by atoms with Gasteiger partial charge < -0.3 is 5.11 Å². The van der Waals surface area contributed by atoms with Gasteiger partial charge in [0, 0.05) is 0 Å². The number of rotatable bonds is 5. The number of hydrogen-bond donors (Lipinski definition) is 1. The van der Waals surface area contributed by atoms with Crippen molar-refractivity contribution in [1.29, 1.82) is 0 Å². The molecule has 0 unspecified atom stereocenters. The zero-order valence-electron chi connectivity index (χ0n) is 9.29. The van der Waals surface area contributed by atoms with Crippen LogP contribution in [-0.2, 0) is 6.42 Å². The van der Waals surface area contributed by atoms with E-state index in [-0.39, 0.29) is 0 Å². The van der Waals surface area contributed by atoms with Gasteiger partial charge in [0.05, 0.1) is 0 Å². The molecule has 0 atom stereocenters. The minimum Gasteiger partial charge on any atom is -0.508 e. The van der Waals surface area contributed by atoms with Crippen LogP contribution in [-0.4, -0.2) is 5.11 Å². The van der Waals surface area contributed by atoms with Gasteiger partial charge >= 0.3 is 0 Å². The van der Waals surface area contributed by atoms with E-state index in [9.17, 15) is 5.11 Å². The fourth-order valence-electron chi connectivity index (χ4n) is 1.64. The van der Waals surface area contributed by atoms with Crippen molar-refractivity contribution in [2.45, 2.75) is 26.2 Å². The molecule has 0 aliphatic carbocycles. The molecule has 1 aromatic carbocycles. The lowest BCUT2D eigenvalue weighted by molar-refractivity contribution is 0.474. The Morgan fingerprint density at radius 3 is 2.80 bits per heavy atom. The highest BCUT2D eigenvalue weighted by Crippen LogP contribution is 2.23. The largest absolute Gasteiger partial charge is 0.508 e. The third kappa shape index (κ3) is 3.28. The van der Waals surface area contributed by atoms with Gasteiger partial charge in [-0.2, -0.15) is 0 Å². The van der Waals surface area contributed by atoms with Crippen LogP contribution in [0.1, 0.15) is 30.9 Å². The average Bonchev–Trinajstić information content (AvgIpc) is 2.18. The molecule has 0 spiro atoms. The number of phenols is 1. The Bertz CT molecular complexity index is 364. The van der Waals surface area contributed by atoms with Crippen molar-refractivity contribution in [3.8, 4) is 5.75 Å². The molecule has 1 aromatic rings. The Kier molecular flexibility index (Phi) is 4.17. The predicted octanol–water partition coefficient (Wildman–Crippen LogP) is 3.93. The number of phenolic OH excluding ortho intramolecular Hbond substituents is 1. The van der Waals surface area contributed by atoms with Crippen LogP contribution in [0.25, 0.3) is 5.57 Å². The van der Waals surface area contributed by atoms with Crippen LogP contribution in [0.3, 0.4) is 0 Å². The summed E-state index contributed by atoms with van der Waals surface area (Å²) < 4.78 is 0. The second kappa shape index (κ2) is 5.40. The first kappa shape index (κ1) is 11.6. The standard InChI is InChI=1S/C14H18O/c1-4-5-6-7-12-10-13(15)8-9-14(12)11(2)3/h4,8-10,15H,1-2,5-7H2,3H3. The second-order valence-electron chi connectivity index (χ2n) is 3.80. The molecule has 0 amide bonds. The number of benzene rings is 1. The van der Waals surface area contributed by atoms with Gasteiger partial charge in [-0.1, -0.05) is 24.3 Å². The summed E-state index contributed by atoms with van der Waals surface area (Å²) in [7, 11) is 0. The fourth-order valence-corrected chi connectivity index (χ4v) is 1.64. The molecule has 0 fully saturated rings. The minimum atomic E-state index is 0.327. The van der Waals surface area contributed by atoms with Crippen LogP contribution in [0.2, 0.25) is 0 Å². The van der Waals surface area contributed by atoms with Gasteiger partial charge in [-0.05, 0) is 49.4 Å². The van der Waals surface area contributed by atoms with Crippen molar-refractivity contribution in [1.82, 2.24) is 0 Å². The topological polar surface area (TPSA) is 20.2 Å². The Morgan fingerprint density at radius 2 is 2.20 bits per heavy atom. The van der Waals surface area contributed by atoms with Crippen LogP contribution in [0, 0.1) is 0 Å². The molecule has 80 valence electrons. The maximum atomic E-state index is 9.43. The smallest absolute Gasteiger partial charge is 0.115 e. The normalized spacial score (nSPS) is 9.93. The maximum Gasteiger partial charge on any atom is 0.115 e. The summed E-state index contributed by atoms with van der Waals surface area (Å²) >= 11 is 0. The molecule has 15 heavy (non-hydrogen) atoms. The van der Waals surface area contributed by atoms with E-state index in [4.69, 9.17) is 0 Å². The molecular weight excluding hydrogens is 184 g/mol. The van der Waals surface area contributed by atoms with E-state index in [0.717, 1.165) is 30.4 Å². The van der Waals surface area contributed by atoms with E-state index in [1.54, 1.807) is 6.07 Å². The van der Waals surface area contributed by atoms with Crippen LogP contribution in [0.4, 0.5) is 0 Å². The molecule has 1 N–H and O–H groups in total. The Morgan fingerprint density at radius 1 is 1.47 bits per heavy atom. The van der Waals surface area contributed by atoms with Crippen LogP contribution in [0.15, 0.2) is 37.4 Å². The van der Waals surface area contributed by atoms with Crippen molar-refractivity contribution in [3.05, 3.63) is 48.6 Å². The molecule has 1 rings (SSSR count). The summed E-state index contributed by atoms with van der Waals surface area (Å²) in [6.07, 6.45) is 4.95. The van der Waals surface area contributed by atoms with Crippen LogP contribution in [0.5, 0.6) is 5.75 Å². The zero-order chi connectivity index (χ0) is 11.3. The molecule has 0 saturated heterocycles. The maximum absolute atomic E-state index is 9.43. The van der Waals surface area contributed by atoms with Gasteiger partial charge in [0.25, 0.3) is 0 Å². The van der Waals surface area contributed by atoms with Crippen LogP contribution >= 0.6 is 0 Å². The summed E-state index contributed by atoms with van der Waals surface area (Å²) in [5, 5.41) is 9.43. The lowest BCUT2D eigenvalue weighted by Gasteiger charge is -2.09. The molecule has 0 heterocycles.